The van der Waals surface area contributed by atoms with E-state index in [0.717, 1.165) is 10.6 Å². The van der Waals surface area contributed by atoms with Crippen molar-refractivity contribution in [3.05, 3.63) is 141 Å². The average Bonchev–Trinajstić information content (AvgIpc) is 3.17. The van der Waals surface area contributed by atoms with Crippen molar-refractivity contribution in [3.63, 3.8) is 0 Å². The van der Waals surface area contributed by atoms with E-state index in [1.807, 2.05) is 91.0 Å². The molecule has 0 bridgehead atoms. The fraction of sp³-hybridized carbons (Fsp3) is 0.214. The van der Waals surface area contributed by atoms with Gasteiger partial charge in [-0.2, -0.15) is 0 Å². The number of ether oxygens (including phenoxy) is 1. The second-order valence-electron chi connectivity index (χ2n) is 8.83. The molecule has 2 heterocycles. The second kappa shape index (κ2) is 9.33. The molecule has 1 fully saturated rings. The lowest BCUT2D eigenvalue weighted by Gasteiger charge is -2.50. The molecule has 0 radical (unpaired) electrons. The van der Waals surface area contributed by atoms with E-state index in [9.17, 15) is 24.9 Å². The maximum Gasteiger partial charge on any atom is 0.330 e. The first-order valence-corrected chi connectivity index (χ1v) is 11.6. The number of aliphatic hydroxyl groups excluding tert-OH is 2. The maximum atomic E-state index is 12.7. The number of aromatic amines is 1. The third-order valence-corrected chi connectivity index (χ3v) is 7.03. The first-order chi connectivity index (χ1) is 17.4. The van der Waals surface area contributed by atoms with E-state index in [1.165, 1.54) is 6.20 Å². The summed E-state index contributed by atoms with van der Waals surface area (Å²) < 4.78 is 7.02. The lowest BCUT2D eigenvalue weighted by Crippen LogP contribution is -2.64. The first kappa shape index (κ1) is 23.9. The number of rotatable bonds is 6. The number of nitrogens with one attached hydrogen (secondary N) is 1. The average molecular weight is 487 g/mol. The highest BCUT2D eigenvalue weighted by atomic mass is 16.6. The van der Waals surface area contributed by atoms with Crippen molar-refractivity contribution in [1.82, 2.24) is 9.55 Å². The van der Waals surface area contributed by atoms with Gasteiger partial charge < -0.3 is 20.1 Å². The Morgan fingerprint density at radius 2 is 1.31 bits per heavy atom. The van der Waals surface area contributed by atoms with E-state index in [4.69, 9.17) is 4.74 Å². The highest BCUT2D eigenvalue weighted by Crippen LogP contribution is 2.55. The van der Waals surface area contributed by atoms with E-state index in [1.54, 1.807) is 0 Å². The molecule has 1 aliphatic heterocycles. The van der Waals surface area contributed by atoms with Crippen molar-refractivity contribution >= 4 is 0 Å². The SMILES string of the molecule is O=c1ccn([C@@H]2O[C@H](CO)[C@](O)(C(c3ccccc3)(c3ccccc3)c3ccccc3)[C@H]2O)c(=O)[nH]1. The molecule has 0 spiro atoms. The third-order valence-electron chi connectivity index (χ3n) is 7.03. The number of aromatic nitrogens is 2. The largest absolute Gasteiger partial charge is 0.394 e. The Balaban J connectivity index is 1.85. The highest BCUT2D eigenvalue weighted by Gasteiger charge is 2.68. The van der Waals surface area contributed by atoms with Crippen LogP contribution in [0.25, 0.3) is 0 Å². The Morgan fingerprint density at radius 3 is 1.72 bits per heavy atom. The molecule has 4 atom stereocenters. The smallest absolute Gasteiger partial charge is 0.330 e. The summed E-state index contributed by atoms with van der Waals surface area (Å²) >= 11 is 0. The first-order valence-electron chi connectivity index (χ1n) is 11.6. The van der Waals surface area contributed by atoms with Crippen molar-refractivity contribution in [2.45, 2.75) is 29.5 Å². The summed E-state index contributed by atoms with van der Waals surface area (Å²) in [4.78, 5) is 26.4. The molecule has 0 saturated carbocycles. The molecule has 1 aliphatic rings. The van der Waals surface area contributed by atoms with Crippen molar-refractivity contribution in [2.24, 2.45) is 0 Å². The van der Waals surface area contributed by atoms with Crippen LogP contribution >= 0.6 is 0 Å². The Hall–Kier alpha value is -3.82. The van der Waals surface area contributed by atoms with Crippen LogP contribution in [0.15, 0.2) is 113 Å². The summed E-state index contributed by atoms with van der Waals surface area (Å²) in [5.74, 6) is 0. The van der Waals surface area contributed by atoms with Crippen LogP contribution in [0.3, 0.4) is 0 Å². The summed E-state index contributed by atoms with van der Waals surface area (Å²) in [6, 6.07) is 28.7. The summed E-state index contributed by atoms with van der Waals surface area (Å²) in [5.41, 5.74) is -3.04. The Kier molecular flexibility index (Phi) is 6.19. The van der Waals surface area contributed by atoms with Crippen molar-refractivity contribution in [1.29, 1.82) is 0 Å². The van der Waals surface area contributed by atoms with Gasteiger partial charge in [-0.05, 0) is 16.7 Å². The van der Waals surface area contributed by atoms with Gasteiger partial charge in [0.05, 0.1) is 12.0 Å². The molecule has 4 aromatic rings. The van der Waals surface area contributed by atoms with Gasteiger partial charge in [0.25, 0.3) is 5.56 Å². The monoisotopic (exact) mass is 486 g/mol. The molecule has 0 aliphatic carbocycles. The standard InChI is InChI=1S/C28H26N2O6/c31-18-22-28(35,24(33)25(36-22)30-17-16-23(32)29-26(30)34)27(19-10-4-1-5-11-19,20-12-6-2-7-13-20)21-14-8-3-9-15-21/h1-17,22,24-25,31,33,35H,18H2,(H,29,32,34)/t22-,24+,25-,28-/m1/s1. The fourth-order valence-corrected chi connectivity index (χ4v) is 5.50. The van der Waals surface area contributed by atoms with E-state index in [-0.39, 0.29) is 0 Å². The molecule has 8 nitrogen and oxygen atoms in total. The van der Waals surface area contributed by atoms with Gasteiger partial charge >= 0.3 is 5.69 Å². The van der Waals surface area contributed by atoms with Gasteiger partial charge in [-0.3, -0.25) is 14.3 Å². The molecule has 1 aromatic heterocycles. The van der Waals surface area contributed by atoms with Crippen LogP contribution in [0.4, 0.5) is 0 Å². The molecule has 1 saturated heterocycles. The van der Waals surface area contributed by atoms with Gasteiger partial charge in [0.1, 0.15) is 17.8 Å². The van der Waals surface area contributed by atoms with Crippen LogP contribution in [0.5, 0.6) is 0 Å². The minimum absolute atomic E-state index is 0.607. The minimum Gasteiger partial charge on any atom is -0.394 e. The predicted octanol–water partition coefficient (Wildman–Crippen LogP) is 1.55. The molecule has 0 amide bonds. The van der Waals surface area contributed by atoms with Crippen LogP contribution < -0.4 is 11.2 Å². The molecular formula is C28H26N2O6. The highest BCUT2D eigenvalue weighted by molar-refractivity contribution is 5.55. The zero-order valence-corrected chi connectivity index (χ0v) is 19.3. The summed E-state index contributed by atoms with van der Waals surface area (Å²) in [6.45, 7) is -0.642. The van der Waals surface area contributed by atoms with Crippen LogP contribution in [0, 0.1) is 0 Å². The lowest BCUT2D eigenvalue weighted by molar-refractivity contribution is -0.122. The summed E-state index contributed by atoms with van der Waals surface area (Å²) in [7, 11) is 0. The predicted molar refractivity (Wildman–Crippen MR) is 132 cm³/mol. The van der Waals surface area contributed by atoms with Crippen molar-refractivity contribution in [2.75, 3.05) is 6.61 Å². The summed E-state index contributed by atoms with van der Waals surface area (Å²) in [5, 5.41) is 35.0. The van der Waals surface area contributed by atoms with Crippen LogP contribution in [-0.4, -0.2) is 49.3 Å². The Labute approximate surface area is 206 Å². The number of benzene rings is 3. The van der Waals surface area contributed by atoms with E-state index >= 15 is 0 Å². The molecule has 4 N–H and O–H groups in total. The van der Waals surface area contributed by atoms with Gasteiger partial charge in [0, 0.05) is 12.3 Å². The molecule has 36 heavy (non-hydrogen) atoms. The van der Waals surface area contributed by atoms with Gasteiger partial charge in [0.15, 0.2) is 6.23 Å². The number of nitrogens with zero attached hydrogens (tertiary/aromatic N) is 1. The van der Waals surface area contributed by atoms with Crippen LogP contribution in [0.1, 0.15) is 22.9 Å². The number of H-pyrrole nitrogens is 1. The zero-order chi connectivity index (χ0) is 25.3. The Bertz CT molecular complexity index is 1340. The van der Waals surface area contributed by atoms with Crippen LogP contribution in [-0.2, 0) is 10.2 Å². The zero-order valence-electron chi connectivity index (χ0n) is 19.3. The van der Waals surface area contributed by atoms with Gasteiger partial charge in [-0.25, -0.2) is 4.79 Å². The van der Waals surface area contributed by atoms with Crippen molar-refractivity contribution < 1.29 is 20.1 Å². The van der Waals surface area contributed by atoms with E-state index in [2.05, 4.69) is 4.98 Å². The molecule has 184 valence electrons. The number of hydrogen-bond acceptors (Lipinski definition) is 6. The molecule has 0 unspecified atom stereocenters. The van der Waals surface area contributed by atoms with E-state index < -0.39 is 47.3 Å². The van der Waals surface area contributed by atoms with Crippen molar-refractivity contribution in [3.8, 4) is 0 Å². The molecule has 5 rings (SSSR count). The van der Waals surface area contributed by atoms with Gasteiger partial charge in [0.2, 0.25) is 0 Å². The van der Waals surface area contributed by atoms with Gasteiger partial charge in [-0.1, -0.05) is 91.0 Å². The second-order valence-corrected chi connectivity index (χ2v) is 8.83. The minimum atomic E-state index is -2.16. The molecular weight excluding hydrogens is 460 g/mol. The summed E-state index contributed by atoms with van der Waals surface area (Å²) in [6.07, 6.45) is -3.19. The number of aliphatic hydroxyl groups is 3. The molecule has 8 heteroatoms. The topological polar surface area (TPSA) is 125 Å². The Morgan fingerprint density at radius 1 is 0.833 bits per heavy atom. The fourth-order valence-electron chi connectivity index (χ4n) is 5.50. The van der Waals surface area contributed by atoms with Gasteiger partial charge in [-0.15, -0.1) is 0 Å². The normalized spacial score (nSPS) is 24.0. The van der Waals surface area contributed by atoms with E-state index in [0.29, 0.717) is 16.7 Å². The van der Waals surface area contributed by atoms with Crippen LogP contribution in [0.2, 0.25) is 0 Å². The molecule has 3 aromatic carbocycles. The number of hydrogen-bond donors (Lipinski definition) is 4. The quantitative estimate of drug-likeness (QED) is 0.307. The third kappa shape index (κ3) is 3.46. The maximum absolute atomic E-state index is 12.7. The lowest BCUT2D eigenvalue weighted by atomic mass is 9.56.